The first-order valence-electron chi connectivity index (χ1n) is 7.11. The minimum atomic E-state index is 0.350. The lowest BCUT2D eigenvalue weighted by Crippen LogP contribution is -2.15. The molecule has 0 amide bonds. The SMILES string of the molecule is CC(C)OC1C=CCCCCCCCCC1. The standard InChI is InChI=1S/C15H28O/c1-14(2)16-15-12-10-8-6-4-3-5-7-9-11-13-15/h10,12,14-15H,3-9,11,13H2,1-2H3. The van der Waals surface area contributed by atoms with Crippen LogP contribution in [0.5, 0.6) is 0 Å². The molecule has 0 bridgehead atoms. The Hall–Kier alpha value is -0.300. The van der Waals surface area contributed by atoms with Crippen molar-refractivity contribution in [2.24, 2.45) is 0 Å². The summed E-state index contributed by atoms with van der Waals surface area (Å²) in [7, 11) is 0. The molecule has 1 atom stereocenters. The van der Waals surface area contributed by atoms with Gasteiger partial charge in [0.15, 0.2) is 0 Å². The molecule has 0 aromatic heterocycles. The molecule has 16 heavy (non-hydrogen) atoms. The molecule has 94 valence electrons. The van der Waals surface area contributed by atoms with Gasteiger partial charge in [-0.3, -0.25) is 0 Å². The zero-order chi connectivity index (χ0) is 11.6. The van der Waals surface area contributed by atoms with Crippen LogP contribution in [-0.4, -0.2) is 12.2 Å². The van der Waals surface area contributed by atoms with Crippen molar-refractivity contribution in [3.05, 3.63) is 12.2 Å². The Bertz CT molecular complexity index is 184. The van der Waals surface area contributed by atoms with Crippen molar-refractivity contribution in [1.29, 1.82) is 0 Å². The van der Waals surface area contributed by atoms with Crippen LogP contribution in [0.15, 0.2) is 12.2 Å². The summed E-state index contributed by atoms with van der Waals surface area (Å²) in [5.41, 5.74) is 0. The van der Waals surface area contributed by atoms with Crippen LogP contribution in [0.2, 0.25) is 0 Å². The highest BCUT2D eigenvalue weighted by molar-refractivity contribution is 4.90. The van der Waals surface area contributed by atoms with Gasteiger partial charge in [0.1, 0.15) is 0 Å². The van der Waals surface area contributed by atoms with E-state index in [2.05, 4.69) is 26.0 Å². The summed E-state index contributed by atoms with van der Waals surface area (Å²) in [5.74, 6) is 0. The van der Waals surface area contributed by atoms with Crippen LogP contribution in [-0.2, 0) is 4.74 Å². The Morgan fingerprint density at radius 1 is 0.938 bits per heavy atom. The maximum absolute atomic E-state index is 5.91. The monoisotopic (exact) mass is 224 g/mol. The lowest BCUT2D eigenvalue weighted by atomic mass is 10.0. The molecular formula is C15H28O. The number of hydrogen-bond donors (Lipinski definition) is 0. The van der Waals surface area contributed by atoms with Gasteiger partial charge in [0.2, 0.25) is 0 Å². The topological polar surface area (TPSA) is 9.23 Å². The number of hydrogen-bond acceptors (Lipinski definition) is 1. The molecule has 0 aromatic carbocycles. The summed E-state index contributed by atoms with van der Waals surface area (Å²) in [4.78, 5) is 0. The normalized spacial score (nSPS) is 25.1. The zero-order valence-electron chi connectivity index (χ0n) is 11.1. The van der Waals surface area contributed by atoms with Crippen LogP contribution >= 0.6 is 0 Å². The van der Waals surface area contributed by atoms with Gasteiger partial charge in [-0.25, -0.2) is 0 Å². The van der Waals surface area contributed by atoms with Crippen molar-refractivity contribution < 1.29 is 4.74 Å². The second-order valence-corrected chi connectivity index (χ2v) is 5.20. The van der Waals surface area contributed by atoms with E-state index in [0.29, 0.717) is 12.2 Å². The quantitative estimate of drug-likeness (QED) is 0.609. The molecule has 1 rings (SSSR count). The van der Waals surface area contributed by atoms with E-state index in [4.69, 9.17) is 4.74 Å². The van der Waals surface area contributed by atoms with Gasteiger partial charge in [-0.2, -0.15) is 0 Å². The molecular weight excluding hydrogens is 196 g/mol. The molecule has 0 heterocycles. The smallest absolute Gasteiger partial charge is 0.0759 e. The van der Waals surface area contributed by atoms with Gasteiger partial charge < -0.3 is 4.74 Å². The first-order chi connectivity index (χ1) is 7.79. The fraction of sp³-hybridized carbons (Fsp3) is 0.867. The Balaban J connectivity index is 2.35. The van der Waals surface area contributed by atoms with E-state index >= 15 is 0 Å². The van der Waals surface area contributed by atoms with Crippen molar-refractivity contribution in [3.63, 3.8) is 0 Å². The summed E-state index contributed by atoms with van der Waals surface area (Å²) < 4.78 is 5.91. The summed E-state index contributed by atoms with van der Waals surface area (Å²) in [5, 5.41) is 0. The van der Waals surface area contributed by atoms with Crippen molar-refractivity contribution in [2.75, 3.05) is 0 Å². The molecule has 0 fully saturated rings. The lowest BCUT2D eigenvalue weighted by Gasteiger charge is -2.17. The van der Waals surface area contributed by atoms with Gasteiger partial charge in [-0.15, -0.1) is 0 Å². The van der Waals surface area contributed by atoms with Crippen LogP contribution in [0.1, 0.15) is 71.6 Å². The summed E-state index contributed by atoms with van der Waals surface area (Å²) >= 11 is 0. The fourth-order valence-corrected chi connectivity index (χ4v) is 2.30. The Labute approximate surface area is 101 Å². The first kappa shape index (κ1) is 13.8. The molecule has 0 spiro atoms. The minimum Gasteiger partial charge on any atom is -0.372 e. The molecule has 0 N–H and O–H groups in total. The van der Waals surface area contributed by atoms with Gasteiger partial charge in [-0.05, 0) is 33.1 Å². The highest BCUT2D eigenvalue weighted by Gasteiger charge is 2.07. The molecule has 1 aliphatic rings. The van der Waals surface area contributed by atoms with Gasteiger partial charge in [0.25, 0.3) is 0 Å². The van der Waals surface area contributed by atoms with E-state index in [-0.39, 0.29) is 0 Å². The van der Waals surface area contributed by atoms with Gasteiger partial charge in [-0.1, -0.05) is 50.7 Å². The van der Waals surface area contributed by atoms with E-state index in [1.165, 1.54) is 57.8 Å². The molecule has 1 aliphatic carbocycles. The van der Waals surface area contributed by atoms with Crippen LogP contribution in [0, 0.1) is 0 Å². The maximum Gasteiger partial charge on any atom is 0.0759 e. The third kappa shape index (κ3) is 7.05. The Morgan fingerprint density at radius 2 is 1.56 bits per heavy atom. The largest absolute Gasteiger partial charge is 0.372 e. The van der Waals surface area contributed by atoms with Crippen molar-refractivity contribution >= 4 is 0 Å². The first-order valence-corrected chi connectivity index (χ1v) is 7.11. The third-order valence-electron chi connectivity index (χ3n) is 3.16. The zero-order valence-corrected chi connectivity index (χ0v) is 11.1. The van der Waals surface area contributed by atoms with Gasteiger partial charge >= 0.3 is 0 Å². The maximum atomic E-state index is 5.91. The molecule has 1 heteroatoms. The number of ether oxygens (including phenoxy) is 1. The van der Waals surface area contributed by atoms with Crippen LogP contribution in [0.25, 0.3) is 0 Å². The molecule has 0 aliphatic heterocycles. The summed E-state index contributed by atoms with van der Waals surface area (Å²) in [6.45, 7) is 4.26. The average Bonchev–Trinajstić information content (AvgIpc) is 2.21. The second-order valence-electron chi connectivity index (χ2n) is 5.20. The molecule has 1 unspecified atom stereocenters. The van der Waals surface area contributed by atoms with E-state index in [0.717, 1.165) is 0 Å². The molecule has 0 saturated carbocycles. The highest BCUT2D eigenvalue weighted by Crippen LogP contribution is 2.15. The molecule has 0 radical (unpaired) electrons. The summed E-state index contributed by atoms with van der Waals surface area (Å²) in [6.07, 6.45) is 17.5. The van der Waals surface area contributed by atoms with Gasteiger partial charge in [0, 0.05) is 0 Å². The van der Waals surface area contributed by atoms with E-state index in [1.54, 1.807) is 0 Å². The third-order valence-corrected chi connectivity index (χ3v) is 3.16. The Kier molecular flexibility index (Phi) is 7.58. The van der Waals surface area contributed by atoms with Crippen molar-refractivity contribution in [2.45, 2.75) is 83.8 Å². The Morgan fingerprint density at radius 3 is 2.25 bits per heavy atom. The lowest BCUT2D eigenvalue weighted by molar-refractivity contribution is 0.0296. The highest BCUT2D eigenvalue weighted by atomic mass is 16.5. The average molecular weight is 224 g/mol. The predicted octanol–water partition coefficient (Wildman–Crippen LogP) is 4.86. The van der Waals surface area contributed by atoms with Crippen molar-refractivity contribution in [1.82, 2.24) is 0 Å². The molecule has 1 nitrogen and oxygen atoms in total. The summed E-state index contributed by atoms with van der Waals surface area (Å²) in [6, 6.07) is 0. The van der Waals surface area contributed by atoms with Crippen LogP contribution in [0.4, 0.5) is 0 Å². The number of rotatable bonds is 2. The fourth-order valence-electron chi connectivity index (χ4n) is 2.30. The second kappa shape index (κ2) is 8.81. The van der Waals surface area contributed by atoms with E-state index in [1.807, 2.05) is 0 Å². The minimum absolute atomic E-state index is 0.350. The van der Waals surface area contributed by atoms with E-state index < -0.39 is 0 Å². The molecule has 0 aromatic rings. The van der Waals surface area contributed by atoms with E-state index in [9.17, 15) is 0 Å². The number of allylic oxidation sites excluding steroid dienone is 1. The predicted molar refractivity (Wildman–Crippen MR) is 70.7 cm³/mol. The van der Waals surface area contributed by atoms with Crippen LogP contribution in [0.3, 0.4) is 0 Å². The van der Waals surface area contributed by atoms with Crippen molar-refractivity contribution in [3.8, 4) is 0 Å². The molecule has 0 saturated heterocycles. The van der Waals surface area contributed by atoms with Crippen LogP contribution < -0.4 is 0 Å². The van der Waals surface area contributed by atoms with Gasteiger partial charge in [0.05, 0.1) is 12.2 Å².